The quantitative estimate of drug-likeness (QED) is 0.836. The maximum Gasteiger partial charge on any atom is 0.0378 e. The van der Waals surface area contributed by atoms with Crippen LogP contribution in [0, 0.1) is 20.8 Å². The average molecular weight is 231 g/mol. The Morgan fingerprint density at radius 3 is 2.50 bits per heavy atom. The summed E-state index contributed by atoms with van der Waals surface area (Å²) in [6, 6.07) is 8.67. The molecule has 0 fully saturated rings. The summed E-state index contributed by atoms with van der Waals surface area (Å²) in [5.74, 6) is 0. The Morgan fingerprint density at radius 1 is 1.12 bits per heavy atom. The van der Waals surface area contributed by atoms with Crippen LogP contribution in [-0.4, -0.2) is 0 Å². The van der Waals surface area contributed by atoms with Gasteiger partial charge in [0, 0.05) is 16.3 Å². The lowest BCUT2D eigenvalue weighted by Crippen LogP contribution is -1.91. The van der Waals surface area contributed by atoms with Crippen molar-refractivity contribution in [2.45, 2.75) is 27.3 Å². The summed E-state index contributed by atoms with van der Waals surface area (Å²) < 4.78 is 0. The van der Waals surface area contributed by atoms with E-state index in [0.29, 0.717) is 6.54 Å². The molecule has 84 valence electrons. The van der Waals surface area contributed by atoms with Crippen molar-refractivity contribution < 1.29 is 0 Å². The van der Waals surface area contributed by atoms with Crippen LogP contribution in [-0.2, 0) is 6.54 Å². The molecule has 0 bridgehead atoms. The van der Waals surface area contributed by atoms with E-state index < -0.39 is 0 Å². The molecule has 2 heteroatoms. The summed E-state index contributed by atoms with van der Waals surface area (Å²) in [6.07, 6.45) is 0. The number of rotatable bonds is 2. The SMILES string of the molecule is Cc1cc(CN)sc1-c1cccc(C)c1C. The average Bonchev–Trinajstić information content (AvgIpc) is 2.64. The van der Waals surface area contributed by atoms with E-state index in [-0.39, 0.29) is 0 Å². The van der Waals surface area contributed by atoms with E-state index in [0.717, 1.165) is 0 Å². The molecule has 1 nitrogen and oxygen atoms in total. The third-order valence-corrected chi connectivity index (χ3v) is 4.31. The van der Waals surface area contributed by atoms with Gasteiger partial charge in [0.05, 0.1) is 0 Å². The van der Waals surface area contributed by atoms with Gasteiger partial charge in [-0.3, -0.25) is 0 Å². The van der Waals surface area contributed by atoms with Crippen molar-refractivity contribution >= 4 is 11.3 Å². The number of hydrogen-bond donors (Lipinski definition) is 1. The zero-order valence-corrected chi connectivity index (χ0v) is 10.8. The second kappa shape index (κ2) is 4.40. The maximum atomic E-state index is 5.69. The van der Waals surface area contributed by atoms with Crippen LogP contribution < -0.4 is 5.73 Å². The van der Waals surface area contributed by atoms with Gasteiger partial charge in [-0.1, -0.05) is 18.2 Å². The van der Waals surface area contributed by atoms with Gasteiger partial charge in [0.1, 0.15) is 0 Å². The molecule has 16 heavy (non-hydrogen) atoms. The van der Waals surface area contributed by atoms with E-state index >= 15 is 0 Å². The predicted octanol–water partition coefficient (Wildman–Crippen LogP) is 3.80. The highest BCUT2D eigenvalue weighted by Crippen LogP contribution is 2.34. The molecule has 2 N–H and O–H groups in total. The first-order valence-corrected chi connectivity index (χ1v) is 6.31. The first-order valence-electron chi connectivity index (χ1n) is 5.49. The largest absolute Gasteiger partial charge is 0.326 e. The molecular formula is C14H17NS. The van der Waals surface area contributed by atoms with Crippen molar-refractivity contribution in [1.29, 1.82) is 0 Å². The second-order valence-electron chi connectivity index (χ2n) is 4.18. The highest BCUT2D eigenvalue weighted by Gasteiger charge is 2.10. The highest BCUT2D eigenvalue weighted by molar-refractivity contribution is 7.15. The summed E-state index contributed by atoms with van der Waals surface area (Å²) in [5.41, 5.74) is 11.1. The third-order valence-electron chi connectivity index (χ3n) is 3.02. The van der Waals surface area contributed by atoms with Gasteiger partial charge in [0.2, 0.25) is 0 Å². The molecule has 0 amide bonds. The summed E-state index contributed by atoms with van der Waals surface area (Å²) in [4.78, 5) is 2.62. The molecule has 0 spiro atoms. The van der Waals surface area contributed by atoms with E-state index in [9.17, 15) is 0 Å². The Hall–Kier alpha value is -1.12. The van der Waals surface area contributed by atoms with Gasteiger partial charge >= 0.3 is 0 Å². The Balaban J connectivity index is 2.58. The van der Waals surface area contributed by atoms with Crippen LogP contribution in [0.5, 0.6) is 0 Å². The Labute approximate surface area is 101 Å². The molecule has 0 aliphatic rings. The van der Waals surface area contributed by atoms with Gasteiger partial charge in [-0.25, -0.2) is 0 Å². The Kier molecular flexibility index (Phi) is 3.13. The smallest absolute Gasteiger partial charge is 0.0378 e. The number of benzene rings is 1. The summed E-state index contributed by atoms with van der Waals surface area (Å²) >= 11 is 1.81. The fourth-order valence-corrected chi connectivity index (χ4v) is 3.05. The van der Waals surface area contributed by atoms with Crippen molar-refractivity contribution in [3.8, 4) is 10.4 Å². The van der Waals surface area contributed by atoms with E-state index in [2.05, 4.69) is 45.0 Å². The van der Waals surface area contributed by atoms with Crippen molar-refractivity contribution in [2.24, 2.45) is 5.73 Å². The lowest BCUT2D eigenvalue weighted by molar-refractivity contribution is 1.10. The summed E-state index contributed by atoms with van der Waals surface area (Å²) in [6.45, 7) is 7.14. The van der Waals surface area contributed by atoms with E-state index in [1.54, 1.807) is 0 Å². The van der Waals surface area contributed by atoms with Gasteiger partial charge in [-0.05, 0) is 49.1 Å². The lowest BCUT2D eigenvalue weighted by atomic mass is 10.0. The summed E-state index contributed by atoms with van der Waals surface area (Å²) in [5, 5.41) is 0. The normalized spacial score (nSPS) is 10.8. The molecule has 0 atom stereocenters. The molecule has 0 aliphatic heterocycles. The first kappa shape index (κ1) is 11.4. The van der Waals surface area contributed by atoms with Gasteiger partial charge in [0.15, 0.2) is 0 Å². The Bertz CT molecular complexity index is 511. The third kappa shape index (κ3) is 1.91. The lowest BCUT2D eigenvalue weighted by Gasteiger charge is -2.07. The molecule has 0 radical (unpaired) electrons. The molecular weight excluding hydrogens is 214 g/mol. The van der Waals surface area contributed by atoms with Crippen LogP contribution in [0.15, 0.2) is 24.3 Å². The number of nitrogens with two attached hydrogens (primary N) is 1. The monoisotopic (exact) mass is 231 g/mol. The summed E-state index contributed by atoms with van der Waals surface area (Å²) in [7, 11) is 0. The van der Waals surface area contributed by atoms with E-state index in [1.807, 2.05) is 11.3 Å². The predicted molar refractivity (Wildman–Crippen MR) is 71.9 cm³/mol. The van der Waals surface area contributed by atoms with Crippen LogP contribution >= 0.6 is 11.3 Å². The molecule has 0 saturated heterocycles. The molecule has 1 aromatic carbocycles. The van der Waals surface area contributed by atoms with Crippen molar-refractivity contribution in [2.75, 3.05) is 0 Å². The van der Waals surface area contributed by atoms with Crippen LogP contribution in [0.2, 0.25) is 0 Å². The van der Waals surface area contributed by atoms with Crippen LogP contribution in [0.3, 0.4) is 0 Å². The topological polar surface area (TPSA) is 26.0 Å². The van der Waals surface area contributed by atoms with Crippen molar-refractivity contribution in [1.82, 2.24) is 0 Å². The van der Waals surface area contributed by atoms with Gasteiger partial charge in [-0.2, -0.15) is 0 Å². The van der Waals surface area contributed by atoms with Crippen LogP contribution in [0.4, 0.5) is 0 Å². The molecule has 2 aromatic rings. The zero-order chi connectivity index (χ0) is 11.7. The Morgan fingerprint density at radius 2 is 1.88 bits per heavy atom. The minimum absolute atomic E-state index is 0.635. The molecule has 1 heterocycles. The van der Waals surface area contributed by atoms with E-state index in [4.69, 9.17) is 5.73 Å². The van der Waals surface area contributed by atoms with Crippen molar-refractivity contribution in [3.63, 3.8) is 0 Å². The van der Waals surface area contributed by atoms with Crippen LogP contribution in [0.1, 0.15) is 21.6 Å². The number of hydrogen-bond acceptors (Lipinski definition) is 2. The first-order chi connectivity index (χ1) is 7.63. The fourth-order valence-electron chi connectivity index (χ4n) is 1.91. The van der Waals surface area contributed by atoms with Crippen molar-refractivity contribution in [3.05, 3.63) is 45.8 Å². The highest BCUT2D eigenvalue weighted by atomic mass is 32.1. The van der Waals surface area contributed by atoms with Gasteiger partial charge in [0.25, 0.3) is 0 Å². The second-order valence-corrected chi connectivity index (χ2v) is 5.31. The van der Waals surface area contributed by atoms with Gasteiger partial charge in [-0.15, -0.1) is 11.3 Å². The molecule has 0 aliphatic carbocycles. The standard InChI is InChI=1S/C14H17NS/c1-9-5-4-6-13(11(9)3)14-10(2)7-12(8-15)16-14/h4-7H,8,15H2,1-3H3. The van der Waals surface area contributed by atoms with E-state index in [1.165, 1.54) is 32.0 Å². The fraction of sp³-hybridized carbons (Fsp3) is 0.286. The molecule has 0 saturated carbocycles. The minimum Gasteiger partial charge on any atom is -0.326 e. The zero-order valence-electron chi connectivity index (χ0n) is 10.0. The molecule has 2 rings (SSSR count). The van der Waals surface area contributed by atoms with Crippen LogP contribution in [0.25, 0.3) is 10.4 Å². The molecule has 0 unspecified atom stereocenters. The number of aryl methyl sites for hydroxylation is 2. The number of thiophene rings is 1. The molecule has 1 aromatic heterocycles. The minimum atomic E-state index is 0.635. The van der Waals surface area contributed by atoms with Gasteiger partial charge < -0.3 is 5.73 Å². The maximum absolute atomic E-state index is 5.69.